The Morgan fingerprint density at radius 1 is 1.02 bits per heavy atom. The van der Waals surface area contributed by atoms with Gasteiger partial charge < -0.3 is 9.64 Å². The molecule has 0 saturated heterocycles. The summed E-state index contributed by atoms with van der Waals surface area (Å²) < 4.78 is 36.0. The van der Waals surface area contributed by atoms with E-state index in [1.54, 1.807) is 18.2 Å². The van der Waals surface area contributed by atoms with Gasteiger partial charge in [0.05, 0.1) is 16.6 Å². The van der Waals surface area contributed by atoms with Gasteiger partial charge in [0.15, 0.2) is 0 Å². The maximum absolute atomic E-state index is 14.2. The molecular weight excluding hydrogens is 548 g/mol. The highest BCUT2D eigenvalue weighted by Gasteiger charge is 2.39. The molecule has 6 rings (SSSR count). The topological polar surface area (TPSA) is 101 Å². The Morgan fingerprint density at radius 3 is 2.48 bits per heavy atom. The van der Waals surface area contributed by atoms with Gasteiger partial charge in [-0.05, 0) is 86.1 Å². The van der Waals surface area contributed by atoms with E-state index in [0.717, 1.165) is 36.0 Å². The second kappa shape index (κ2) is 11.2. The van der Waals surface area contributed by atoms with Crippen molar-refractivity contribution in [3.05, 3.63) is 77.4 Å². The Balaban J connectivity index is 1.46. The summed E-state index contributed by atoms with van der Waals surface area (Å²) in [5, 5.41) is 0. The van der Waals surface area contributed by atoms with Crippen molar-refractivity contribution in [2.45, 2.75) is 57.9 Å². The number of aryl methyl sites for hydroxylation is 2. The number of hydrogen-bond donors (Lipinski definition) is 1. The number of fused-ring (bicyclic) bond motifs is 6. The van der Waals surface area contributed by atoms with E-state index in [0.29, 0.717) is 41.5 Å². The zero-order valence-electron chi connectivity index (χ0n) is 24.6. The molecule has 2 aliphatic carbocycles. The van der Waals surface area contributed by atoms with Gasteiger partial charge in [-0.2, -0.15) is 4.98 Å². The van der Waals surface area contributed by atoms with Crippen molar-refractivity contribution in [1.29, 1.82) is 0 Å². The van der Waals surface area contributed by atoms with E-state index in [2.05, 4.69) is 40.7 Å². The van der Waals surface area contributed by atoms with Crippen LogP contribution in [0.25, 0.3) is 11.3 Å². The van der Waals surface area contributed by atoms with Crippen LogP contribution >= 0.6 is 0 Å². The van der Waals surface area contributed by atoms with Crippen LogP contribution in [0.4, 0.5) is 5.95 Å². The van der Waals surface area contributed by atoms with Crippen molar-refractivity contribution in [3.8, 4) is 17.1 Å². The van der Waals surface area contributed by atoms with Gasteiger partial charge in [0.2, 0.25) is 11.8 Å². The van der Waals surface area contributed by atoms with Gasteiger partial charge in [-0.1, -0.05) is 50.3 Å². The Hall–Kier alpha value is -3.72. The number of sulfonamides is 1. The van der Waals surface area contributed by atoms with Gasteiger partial charge in [-0.15, -0.1) is 0 Å². The SMILES string of the molecule is Cc1cccc(C)c1-c1cc2nc(n1)NS(=O)(=O)c1cccc(c1)C(=O)N(CC1CC3C=C[C@@H]1C3)[C@H](CC(C)C)CO2. The molecule has 2 unspecified atom stereocenters. The number of amides is 1. The number of allylic oxidation sites excluding steroid dienone is 2. The molecule has 9 heteroatoms. The Labute approximate surface area is 248 Å². The van der Waals surface area contributed by atoms with Crippen LogP contribution in [-0.2, 0) is 10.0 Å². The standard InChI is InChI=1S/C33H38N4O4S/c1-20(2)13-27-19-41-30-17-29(31-21(3)7-5-8-22(31)4)34-33(35-30)36-42(39,40)28-10-6-9-25(16-28)32(38)37(27)18-26-15-23-11-12-24(26)14-23/h5-12,16-17,20,23-24,26-27H,13-15,18-19H2,1-4H3,(H,34,35,36)/t23?,24-,26?,27-/m1/s1. The summed E-state index contributed by atoms with van der Waals surface area (Å²) in [5.41, 5.74) is 3.82. The molecule has 0 radical (unpaired) electrons. The molecule has 42 heavy (non-hydrogen) atoms. The highest BCUT2D eigenvalue weighted by Crippen LogP contribution is 2.44. The van der Waals surface area contributed by atoms with E-state index >= 15 is 0 Å². The predicted octanol–water partition coefficient (Wildman–Crippen LogP) is 6.02. The van der Waals surface area contributed by atoms with Crippen LogP contribution in [-0.4, -0.2) is 48.4 Å². The smallest absolute Gasteiger partial charge is 0.264 e. The third-order valence-corrected chi connectivity index (χ3v) is 10.1. The summed E-state index contributed by atoms with van der Waals surface area (Å²) in [4.78, 5) is 25.2. The minimum atomic E-state index is -4.09. The molecule has 8 nitrogen and oxygen atoms in total. The monoisotopic (exact) mass is 586 g/mol. The molecule has 4 atom stereocenters. The summed E-state index contributed by atoms with van der Waals surface area (Å²) in [6.07, 6.45) is 7.54. The van der Waals surface area contributed by atoms with Gasteiger partial charge in [0, 0.05) is 23.7 Å². The van der Waals surface area contributed by atoms with Crippen molar-refractivity contribution in [1.82, 2.24) is 14.9 Å². The van der Waals surface area contributed by atoms with Crippen molar-refractivity contribution in [3.63, 3.8) is 0 Å². The lowest BCUT2D eigenvalue weighted by atomic mass is 9.91. The molecule has 1 saturated carbocycles. The molecule has 3 aliphatic rings. The van der Waals surface area contributed by atoms with Gasteiger partial charge in [0.1, 0.15) is 6.61 Å². The van der Waals surface area contributed by atoms with Crippen LogP contribution in [0.3, 0.4) is 0 Å². The zero-order valence-corrected chi connectivity index (χ0v) is 25.4. The number of carbonyl (C=O) groups excluding carboxylic acids is 1. The molecule has 1 N–H and O–H groups in total. The fraction of sp³-hybridized carbons (Fsp3) is 0.424. The molecule has 220 valence electrons. The number of hydrogen-bond acceptors (Lipinski definition) is 6. The van der Waals surface area contributed by atoms with Gasteiger partial charge in [-0.25, -0.2) is 18.1 Å². The number of benzene rings is 2. The van der Waals surface area contributed by atoms with Crippen molar-refractivity contribution >= 4 is 21.9 Å². The summed E-state index contributed by atoms with van der Waals surface area (Å²) in [6, 6.07) is 13.8. The molecule has 1 aromatic heterocycles. The highest BCUT2D eigenvalue weighted by atomic mass is 32.2. The van der Waals surface area contributed by atoms with Crippen LogP contribution in [0.1, 0.15) is 54.6 Å². The first-order valence-electron chi connectivity index (χ1n) is 14.8. The van der Waals surface area contributed by atoms with E-state index in [-0.39, 0.29) is 35.3 Å². The lowest BCUT2D eigenvalue weighted by molar-refractivity contribution is 0.0515. The number of rotatable bonds is 5. The van der Waals surface area contributed by atoms with Crippen molar-refractivity contribution in [2.24, 2.45) is 23.7 Å². The Bertz CT molecular complexity index is 1630. The molecule has 3 aromatic rings. The van der Waals surface area contributed by atoms with Crippen molar-refractivity contribution in [2.75, 3.05) is 17.9 Å². The molecule has 2 aromatic carbocycles. The summed E-state index contributed by atoms with van der Waals surface area (Å²) in [6.45, 7) is 9.11. The lowest BCUT2D eigenvalue weighted by Gasteiger charge is -2.36. The average molecular weight is 587 g/mol. The first-order valence-corrected chi connectivity index (χ1v) is 16.3. The van der Waals surface area contributed by atoms with Crippen LogP contribution in [0, 0.1) is 37.5 Å². The first kappa shape index (κ1) is 28.4. The maximum atomic E-state index is 14.2. The zero-order chi connectivity index (χ0) is 29.6. The quantitative estimate of drug-likeness (QED) is 0.367. The van der Waals surface area contributed by atoms with Crippen LogP contribution in [0.2, 0.25) is 0 Å². The molecule has 1 fully saturated rings. The van der Waals surface area contributed by atoms with E-state index in [1.165, 1.54) is 12.1 Å². The fourth-order valence-electron chi connectivity index (χ4n) is 6.80. The second-order valence-electron chi connectivity index (χ2n) is 12.4. The minimum Gasteiger partial charge on any atom is -0.475 e. The van der Waals surface area contributed by atoms with E-state index in [4.69, 9.17) is 4.74 Å². The molecule has 1 amide bonds. The number of aromatic nitrogens is 2. The van der Waals surface area contributed by atoms with Crippen LogP contribution in [0.5, 0.6) is 5.88 Å². The predicted molar refractivity (Wildman–Crippen MR) is 163 cm³/mol. The van der Waals surface area contributed by atoms with E-state index in [9.17, 15) is 13.2 Å². The third kappa shape index (κ3) is 5.67. The first-order chi connectivity index (χ1) is 20.1. The second-order valence-corrected chi connectivity index (χ2v) is 14.1. The Kier molecular flexibility index (Phi) is 7.55. The highest BCUT2D eigenvalue weighted by molar-refractivity contribution is 7.92. The number of anilines is 1. The number of ether oxygens (including phenoxy) is 1. The summed E-state index contributed by atoms with van der Waals surface area (Å²) in [7, 11) is -4.09. The normalized spacial score (nSPS) is 24.5. The Morgan fingerprint density at radius 2 is 1.79 bits per heavy atom. The fourth-order valence-corrected chi connectivity index (χ4v) is 7.79. The number of nitrogens with zero attached hydrogens (tertiary/aromatic N) is 3. The third-order valence-electron chi connectivity index (χ3n) is 8.77. The van der Waals surface area contributed by atoms with Crippen LogP contribution < -0.4 is 9.46 Å². The molecule has 1 aliphatic heterocycles. The number of nitrogens with one attached hydrogen (secondary N) is 1. The van der Waals surface area contributed by atoms with Gasteiger partial charge >= 0.3 is 0 Å². The van der Waals surface area contributed by atoms with E-state index in [1.807, 2.05) is 36.9 Å². The molecule has 2 heterocycles. The van der Waals surface area contributed by atoms with Gasteiger partial charge in [-0.3, -0.25) is 4.79 Å². The maximum Gasteiger partial charge on any atom is 0.264 e. The number of carbonyl (C=O) groups is 1. The van der Waals surface area contributed by atoms with Crippen LogP contribution in [0.15, 0.2) is 65.6 Å². The molecule has 6 bridgehead atoms. The minimum absolute atomic E-state index is 0.0145. The molecule has 0 spiro atoms. The lowest BCUT2D eigenvalue weighted by Crippen LogP contribution is -2.47. The van der Waals surface area contributed by atoms with Gasteiger partial charge in [0.25, 0.3) is 15.9 Å². The summed E-state index contributed by atoms with van der Waals surface area (Å²) in [5.74, 6) is 1.72. The molecular formula is C33H38N4O4S. The largest absolute Gasteiger partial charge is 0.475 e. The van der Waals surface area contributed by atoms with E-state index < -0.39 is 10.0 Å². The average Bonchev–Trinajstić information content (AvgIpc) is 3.56. The van der Waals surface area contributed by atoms with Crippen molar-refractivity contribution < 1.29 is 17.9 Å². The summed E-state index contributed by atoms with van der Waals surface area (Å²) >= 11 is 0.